The van der Waals surface area contributed by atoms with Crippen molar-refractivity contribution in [3.8, 4) is 0 Å². The first kappa shape index (κ1) is 17.1. The molecule has 2 saturated heterocycles. The fraction of sp³-hybridized carbons (Fsp3) is 0.409. The normalized spacial score (nSPS) is 28.8. The van der Waals surface area contributed by atoms with E-state index in [0.29, 0.717) is 0 Å². The number of likely N-dealkylation sites (tertiary alicyclic amines) is 1. The van der Waals surface area contributed by atoms with Crippen LogP contribution in [-0.2, 0) is 15.1 Å². The van der Waals surface area contributed by atoms with Gasteiger partial charge in [0.05, 0.1) is 5.92 Å². The van der Waals surface area contributed by atoms with E-state index in [-0.39, 0.29) is 12.0 Å². The zero-order valence-corrected chi connectivity index (χ0v) is 15.6. The molecule has 4 nitrogen and oxygen atoms in total. The van der Waals surface area contributed by atoms with Gasteiger partial charge in [0.15, 0.2) is 0 Å². The number of aryl methyl sites for hydroxylation is 2. The second-order valence-corrected chi connectivity index (χ2v) is 7.68. The smallest absolute Gasteiger partial charge is 0.426 e. The van der Waals surface area contributed by atoms with E-state index < -0.39 is 11.8 Å². The van der Waals surface area contributed by atoms with Crippen LogP contribution in [0.25, 0.3) is 0 Å². The lowest BCUT2D eigenvalue weighted by Crippen LogP contribution is -2.56. The van der Waals surface area contributed by atoms with Crippen molar-refractivity contribution in [2.45, 2.75) is 32.0 Å². The van der Waals surface area contributed by atoms with Gasteiger partial charge < -0.3 is 14.4 Å². The quantitative estimate of drug-likeness (QED) is 0.754. The minimum absolute atomic E-state index is 0.0457. The molecule has 0 bridgehead atoms. The van der Waals surface area contributed by atoms with Crippen molar-refractivity contribution in [2.24, 2.45) is 5.92 Å². The Labute approximate surface area is 154 Å². The minimum Gasteiger partial charge on any atom is -0.426 e. The van der Waals surface area contributed by atoms with Gasteiger partial charge in [0.1, 0.15) is 11.7 Å². The van der Waals surface area contributed by atoms with Crippen molar-refractivity contribution in [3.05, 3.63) is 70.8 Å². The van der Waals surface area contributed by atoms with Crippen LogP contribution in [0.5, 0.6) is 0 Å². The molecule has 0 unspecified atom stereocenters. The molecule has 0 N–H and O–H groups in total. The standard InChI is InChI=1S/C22H25NO3/c1-15-4-8-17(9-5-15)20-19-14-23(3)13-12-22(19,26-21(24)25-20)18-10-6-16(2)7-11-18/h4-11,19-20H,12-14H2,1-3H3/t19-,20+,22+/m0/s1. The number of hydrogen-bond donors (Lipinski definition) is 0. The average molecular weight is 351 g/mol. The lowest BCUT2D eigenvalue weighted by atomic mass is 9.71. The number of cyclic esters (lactones) is 1. The Bertz CT molecular complexity index is 799. The molecule has 0 aliphatic carbocycles. The Balaban J connectivity index is 1.80. The Kier molecular flexibility index (Phi) is 4.23. The zero-order chi connectivity index (χ0) is 18.3. The number of carbonyl (C=O) groups is 1. The summed E-state index contributed by atoms with van der Waals surface area (Å²) >= 11 is 0. The summed E-state index contributed by atoms with van der Waals surface area (Å²) < 4.78 is 11.7. The summed E-state index contributed by atoms with van der Waals surface area (Å²) in [6.45, 7) is 5.83. The first-order chi connectivity index (χ1) is 12.5. The summed E-state index contributed by atoms with van der Waals surface area (Å²) in [6.07, 6.45) is -0.104. The van der Waals surface area contributed by atoms with E-state index in [1.54, 1.807) is 0 Å². The summed E-state index contributed by atoms with van der Waals surface area (Å²) in [4.78, 5) is 14.7. The number of nitrogens with zero attached hydrogens (tertiary/aromatic N) is 1. The molecular weight excluding hydrogens is 326 g/mol. The average Bonchev–Trinajstić information content (AvgIpc) is 2.63. The van der Waals surface area contributed by atoms with Crippen LogP contribution in [-0.4, -0.2) is 31.2 Å². The summed E-state index contributed by atoms with van der Waals surface area (Å²) in [5.41, 5.74) is 3.85. The number of benzene rings is 2. The highest BCUT2D eigenvalue weighted by Crippen LogP contribution is 2.50. The Hall–Kier alpha value is -2.33. The van der Waals surface area contributed by atoms with Gasteiger partial charge in [-0.3, -0.25) is 0 Å². The number of carbonyl (C=O) groups excluding carboxylic acids is 1. The van der Waals surface area contributed by atoms with Crippen molar-refractivity contribution >= 4 is 6.16 Å². The van der Waals surface area contributed by atoms with Gasteiger partial charge in [-0.15, -0.1) is 0 Å². The monoisotopic (exact) mass is 351 g/mol. The van der Waals surface area contributed by atoms with Crippen LogP contribution in [0.1, 0.15) is 34.8 Å². The summed E-state index contributed by atoms with van der Waals surface area (Å²) in [5, 5.41) is 0. The maximum Gasteiger partial charge on any atom is 0.509 e. The molecule has 4 rings (SSSR count). The lowest BCUT2D eigenvalue weighted by Gasteiger charge is -2.51. The molecule has 0 saturated carbocycles. The molecule has 0 amide bonds. The van der Waals surface area contributed by atoms with Crippen molar-refractivity contribution in [1.82, 2.24) is 4.90 Å². The topological polar surface area (TPSA) is 38.8 Å². The third-order valence-electron chi connectivity index (χ3n) is 5.77. The van der Waals surface area contributed by atoms with E-state index in [9.17, 15) is 4.79 Å². The van der Waals surface area contributed by atoms with Crippen LogP contribution < -0.4 is 0 Å². The Morgan fingerprint density at radius 3 is 2.27 bits per heavy atom. The third kappa shape index (κ3) is 2.88. The summed E-state index contributed by atoms with van der Waals surface area (Å²) in [5.74, 6) is 0.0457. The molecule has 2 heterocycles. The van der Waals surface area contributed by atoms with Crippen molar-refractivity contribution in [2.75, 3.05) is 20.1 Å². The summed E-state index contributed by atoms with van der Waals surface area (Å²) in [6, 6.07) is 16.6. The highest BCUT2D eigenvalue weighted by Gasteiger charge is 2.55. The molecule has 2 fully saturated rings. The highest BCUT2D eigenvalue weighted by molar-refractivity contribution is 5.63. The Morgan fingerprint density at radius 1 is 1.00 bits per heavy atom. The van der Waals surface area contributed by atoms with E-state index in [1.807, 2.05) is 0 Å². The first-order valence-electron chi connectivity index (χ1n) is 9.20. The fourth-order valence-electron chi connectivity index (χ4n) is 4.25. The molecule has 2 aliphatic heterocycles. The number of hydrogen-bond acceptors (Lipinski definition) is 4. The van der Waals surface area contributed by atoms with Gasteiger partial charge in [-0.05, 0) is 32.0 Å². The molecule has 26 heavy (non-hydrogen) atoms. The van der Waals surface area contributed by atoms with Crippen LogP contribution >= 0.6 is 0 Å². The molecule has 3 atom stereocenters. The Morgan fingerprint density at radius 2 is 1.62 bits per heavy atom. The van der Waals surface area contributed by atoms with E-state index in [0.717, 1.165) is 30.6 Å². The van der Waals surface area contributed by atoms with Gasteiger partial charge in [-0.2, -0.15) is 0 Å². The van der Waals surface area contributed by atoms with Crippen LogP contribution in [0, 0.1) is 19.8 Å². The molecule has 2 aliphatic rings. The van der Waals surface area contributed by atoms with Crippen LogP contribution in [0.3, 0.4) is 0 Å². The van der Waals surface area contributed by atoms with Gasteiger partial charge in [0.2, 0.25) is 0 Å². The fourth-order valence-corrected chi connectivity index (χ4v) is 4.25. The van der Waals surface area contributed by atoms with Gasteiger partial charge in [0.25, 0.3) is 0 Å². The van der Waals surface area contributed by atoms with E-state index in [1.165, 1.54) is 11.1 Å². The van der Waals surface area contributed by atoms with Crippen molar-refractivity contribution in [3.63, 3.8) is 0 Å². The number of piperidine rings is 1. The summed E-state index contributed by atoms with van der Waals surface area (Å²) in [7, 11) is 2.11. The molecule has 0 spiro atoms. The molecule has 0 aromatic heterocycles. The van der Waals surface area contributed by atoms with Crippen LogP contribution in [0.2, 0.25) is 0 Å². The number of rotatable bonds is 2. The number of ether oxygens (including phenoxy) is 2. The van der Waals surface area contributed by atoms with Gasteiger partial charge in [-0.1, -0.05) is 59.7 Å². The maximum absolute atomic E-state index is 12.4. The van der Waals surface area contributed by atoms with Crippen molar-refractivity contribution in [1.29, 1.82) is 0 Å². The highest BCUT2D eigenvalue weighted by atomic mass is 16.7. The second-order valence-electron chi connectivity index (χ2n) is 7.68. The van der Waals surface area contributed by atoms with E-state index in [2.05, 4.69) is 74.3 Å². The number of fused-ring (bicyclic) bond motifs is 1. The van der Waals surface area contributed by atoms with E-state index in [4.69, 9.17) is 9.47 Å². The predicted octanol–water partition coefficient (Wildman–Crippen LogP) is 4.36. The van der Waals surface area contributed by atoms with Crippen LogP contribution in [0.4, 0.5) is 4.79 Å². The predicted molar refractivity (Wildman–Crippen MR) is 99.9 cm³/mol. The van der Waals surface area contributed by atoms with Crippen LogP contribution in [0.15, 0.2) is 48.5 Å². The van der Waals surface area contributed by atoms with E-state index >= 15 is 0 Å². The second kappa shape index (κ2) is 6.44. The van der Waals surface area contributed by atoms with Gasteiger partial charge >= 0.3 is 6.16 Å². The lowest BCUT2D eigenvalue weighted by molar-refractivity contribution is -0.189. The third-order valence-corrected chi connectivity index (χ3v) is 5.77. The molecule has 2 aromatic carbocycles. The molecule has 4 heteroatoms. The molecule has 136 valence electrons. The SMILES string of the molecule is Cc1ccc([C@H]2OC(=O)O[C@@]3(c4ccc(C)cc4)CCN(C)C[C@@H]23)cc1. The minimum atomic E-state index is -0.634. The largest absolute Gasteiger partial charge is 0.509 e. The zero-order valence-electron chi connectivity index (χ0n) is 15.6. The van der Waals surface area contributed by atoms with Crippen molar-refractivity contribution < 1.29 is 14.3 Å². The molecule has 2 aromatic rings. The molecule has 0 radical (unpaired) electrons. The first-order valence-corrected chi connectivity index (χ1v) is 9.20. The van der Waals surface area contributed by atoms with Gasteiger partial charge in [0, 0.05) is 19.5 Å². The maximum atomic E-state index is 12.4. The molecular formula is C22H25NO3. The van der Waals surface area contributed by atoms with Gasteiger partial charge in [-0.25, -0.2) is 4.79 Å².